The van der Waals surface area contributed by atoms with Crippen LogP contribution in [-0.2, 0) is 27.5 Å². The SMILES string of the molecule is CCCC[C@@](C)(N)CNC(C)=O.CCCC[C@](C)(CNC(C)=O)Nc1nc(N)nc2cccnc12.CCCC[C@](C)(CNC(C)=O)Nc1nc(NCc2ccc(OC)cc2OC)nc2cccnc12.COc1ccc(CN)c(OC)c1.Clc1nc(Cl)c2ncccc2n1. The van der Waals surface area contributed by atoms with Gasteiger partial charge in [-0.2, -0.15) is 9.97 Å². The number of fused-ring (bicyclic) bond motifs is 3. The van der Waals surface area contributed by atoms with Crippen LogP contribution in [-0.4, -0.2) is 127 Å². The molecule has 8 aromatic rings. The summed E-state index contributed by atoms with van der Waals surface area (Å²) in [4.78, 5) is 71.9. The number of aromatic nitrogens is 9. The highest BCUT2D eigenvalue weighted by molar-refractivity contribution is 6.35. The van der Waals surface area contributed by atoms with E-state index in [0.29, 0.717) is 77.9 Å². The van der Waals surface area contributed by atoms with Crippen LogP contribution in [0.3, 0.4) is 0 Å². The van der Waals surface area contributed by atoms with Gasteiger partial charge >= 0.3 is 0 Å². The summed E-state index contributed by atoms with van der Waals surface area (Å²) in [5.41, 5.74) is 22.2. The lowest BCUT2D eigenvalue weighted by Gasteiger charge is -2.32. The zero-order valence-electron chi connectivity index (χ0n) is 55.9. The van der Waals surface area contributed by atoms with Crippen molar-refractivity contribution in [3.63, 3.8) is 0 Å². The Morgan fingerprint density at radius 1 is 0.538 bits per heavy atom. The number of carbonyl (C=O) groups excluding carboxylic acids is 3. The van der Waals surface area contributed by atoms with E-state index in [1.807, 2.05) is 67.6 Å². The van der Waals surface area contributed by atoms with Crippen molar-refractivity contribution < 1.29 is 33.3 Å². The first-order valence-electron chi connectivity index (χ1n) is 30.8. The molecule has 0 saturated heterocycles. The van der Waals surface area contributed by atoms with Gasteiger partial charge in [0, 0.05) is 101 Å². The van der Waals surface area contributed by atoms with Gasteiger partial charge in [-0.3, -0.25) is 29.3 Å². The van der Waals surface area contributed by atoms with Gasteiger partial charge in [-0.05, 0) is 106 Å². The summed E-state index contributed by atoms with van der Waals surface area (Å²) in [7, 11) is 6.49. The van der Waals surface area contributed by atoms with Crippen molar-refractivity contribution in [3.8, 4) is 23.0 Å². The van der Waals surface area contributed by atoms with Gasteiger partial charge in [0.2, 0.25) is 34.9 Å². The minimum absolute atomic E-state index is 0.0110. The van der Waals surface area contributed by atoms with E-state index in [9.17, 15) is 14.4 Å². The number of unbranched alkanes of at least 4 members (excludes halogenated alkanes) is 3. The summed E-state index contributed by atoms with van der Waals surface area (Å²) >= 11 is 11.4. The fraction of sp³-hybridized carbons (Fsp3) is 0.455. The Kier molecular flexibility index (Phi) is 32.1. The number of hydrogen-bond donors (Lipinski definition) is 9. The first-order chi connectivity index (χ1) is 44.4. The summed E-state index contributed by atoms with van der Waals surface area (Å²) in [5, 5.41) is 19.3. The van der Waals surface area contributed by atoms with Crippen molar-refractivity contribution in [2.75, 3.05) is 69.8 Å². The van der Waals surface area contributed by atoms with Crippen molar-refractivity contribution in [2.24, 2.45) is 11.5 Å². The number of ether oxygens (including phenoxy) is 4. The van der Waals surface area contributed by atoms with E-state index in [4.69, 9.17) is 64.3 Å². The number of rotatable bonds is 27. The Morgan fingerprint density at radius 3 is 1.45 bits per heavy atom. The van der Waals surface area contributed by atoms with E-state index in [2.05, 4.69) is 106 Å². The molecule has 0 radical (unpaired) electrons. The number of nitrogens with one attached hydrogen (secondary N) is 6. The van der Waals surface area contributed by atoms with Crippen LogP contribution >= 0.6 is 23.2 Å². The maximum absolute atomic E-state index is 11.6. The molecule has 2 aromatic carbocycles. The molecular weight excluding hydrogens is 1230 g/mol. The fourth-order valence-electron chi connectivity index (χ4n) is 9.03. The predicted octanol–water partition coefficient (Wildman–Crippen LogP) is 10.8. The number of halogens is 2. The van der Waals surface area contributed by atoms with Gasteiger partial charge in [0.15, 0.2) is 16.8 Å². The van der Waals surface area contributed by atoms with Gasteiger partial charge in [0.1, 0.15) is 39.5 Å². The van der Waals surface area contributed by atoms with Crippen LogP contribution in [0.25, 0.3) is 33.1 Å². The quantitative estimate of drug-likeness (QED) is 0.0171. The molecule has 6 aromatic heterocycles. The first kappa shape index (κ1) is 76.7. The maximum atomic E-state index is 11.6. The molecule has 0 spiro atoms. The lowest BCUT2D eigenvalue weighted by atomic mass is 9.94. The van der Waals surface area contributed by atoms with Crippen LogP contribution in [0, 0.1) is 0 Å². The highest BCUT2D eigenvalue weighted by Gasteiger charge is 2.28. The van der Waals surface area contributed by atoms with Crippen molar-refractivity contribution in [1.29, 1.82) is 0 Å². The topological polar surface area (TPSA) is 354 Å². The van der Waals surface area contributed by atoms with E-state index in [-0.39, 0.29) is 45.2 Å². The normalized spacial score (nSPS) is 12.5. The zero-order valence-corrected chi connectivity index (χ0v) is 57.4. The lowest BCUT2D eigenvalue weighted by Crippen LogP contribution is -2.47. The van der Waals surface area contributed by atoms with Crippen molar-refractivity contribution in [1.82, 2.24) is 60.8 Å². The Hall–Kier alpha value is -8.78. The van der Waals surface area contributed by atoms with Crippen LogP contribution < -0.4 is 68.0 Å². The second kappa shape index (κ2) is 38.9. The molecule has 0 bridgehead atoms. The Labute approximate surface area is 556 Å². The average Bonchev–Trinajstić information content (AvgIpc) is 1.15. The number of benzene rings is 2. The molecule has 27 heteroatoms. The smallest absolute Gasteiger partial charge is 0.225 e. The standard InChI is InChI=1S/C25H34N6O3.C16H24N6O.C9H20N2O.C9H13NO2.C7H3Cl2N3/c1-6-7-12-25(3,16-28-17(2)32)31-23-22-20(9-8-13-26-22)29-24(30-23)27-15-18-10-11-19(33-4)14-21(18)34-5;1-4-5-8-16(3,10-19-11(2)23)22-14-13-12(7-6-9-18-13)20-15(17)21-14;1-4-5-6-9(3,10)7-11-8(2)12;1-11-8-4-3-7(6-10)9(5-8)12-2;8-6-5-4(2-1-3-10-5)11-7(9)12-6/h8-11,13-14H,6-7,12,15-16H2,1-5H3,(H,28,32)(H2,27,29,30,31);6-7,9H,4-5,8,10H2,1-3H3,(H,19,23)(H3,17,20,21,22);4-7,10H2,1-3H3,(H,11,12);3-5H,6,10H2,1-2H3;1-3H/t25-;16-;9-;;/m111../s1. The minimum Gasteiger partial charge on any atom is -0.497 e. The third-order valence-corrected chi connectivity index (χ3v) is 14.7. The van der Waals surface area contributed by atoms with Gasteiger partial charge in [-0.25, -0.2) is 19.9 Å². The minimum atomic E-state index is -0.392. The molecule has 25 nitrogen and oxygen atoms in total. The highest BCUT2D eigenvalue weighted by atomic mass is 35.5. The van der Waals surface area contributed by atoms with E-state index >= 15 is 0 Å². The first-order valence-corrected chi connectivity index (χ1v) is 31.5. The Morgan fingerprint density at radius 2 is 0.978 bits per heavy atom. The molecule has 0 unspecified atom stereocenters. The fourth-order valence-corrected chi connectivity index (χ4v) is 9.48. The van der Waals surface area contributed by atoms with E-state index in [0.717, 1.165) is 97.4 Å². The molecule has 0 aliphatic rings. The van der Waals surface area contributed by atoms with Crippen LogP contribution in [0.4, 0.5) is 23.5 Å². The highest BCUT2D eigenvalue weighted by Crippen LogP contribution is 2.30. The molecule has 0 aliphatic carbocycles. The van der Waals surface area contributed by atoms with Gasteiger partial charge in [-0.15, -0.1) is 0 Å². The molecule has 93 heavy (non-hydrogen) atoms. The molecule has 0 saturated carbocycles. The number of nitrogens with two attached hydrogens (primary N) is 3. The lowest BCUT2D eigenvalue weighted by molar-refractivity contribution is -0.120. The summed E-state index contributed by atoms with van der Waals surface area (Å²) in [6.45, 7) is 19.6. The van der Waals surface area contributed by atoms with Gasteiger partial charge in [-0.1, -0.05) is 77.0 Å². The number of anilines is 4. The number of nitrogen functional groups attached to an aromatic ring is 1. The van der Waals surface area contributed by atoms with Crippen molar-refractivity contribution in [3.05, 3.63) is 113 Å². The molecule has 8 rings (SSSR count). The monoisotopic (exact) mass is 1320 g/mol. The number of carbonyl (C=O) groups is 3. The van der Waals surface area contributed by atoms with Crippen LogP contribution in [0.5, 0.6) is 23.0 Å². The molecule has 504 valence electrons. The Bertz CT molecular complexity index is 3650. The third-order valence-electron chi connectivity index (χ3n) is 14.3. The summed E-state index contributed by atoms with van der Waals surface area (Å²) in [6, 6.07) is 22.2. The van der Waals surface area contributed by atoms with E-state index in [1.165, 1.54) is 20.8 Å². The zero-order chi connectivity index (χ0) is 68.6. The van der Waals surface area contributed by atoms with Gasteiger partial charge < -0.3 is 68.0 Å². The summed E-state index contributed by atoms with van der Waals surface area (Å²) in [6.07, 6.45) is 14.2. The molecule has 12 N–H and O–H groups in total. The molecule has 0 fully saturated rings. The molecule has 3 amide bonds. The largest absolute Gasteiger partial charge is 0.497 e. The molecule has 3 atom stereocenters. The number of nitrogens with zero attached hydrogens (tertiary/aromatic N) is 9. The van der Waals surface area contributed by atoms with Crippen LogP contribution in [0.15, 0.2) is 91.4 Å². The van der Waals surface area contributed by atoms with Crippen LogP contribution in [0.2, 0.25) is 10.4 Å². The molecule has 0 aliphatic heterocycles. The maximum Gasteiger partial charge on any atom is 0.225 e. The molecular formula is C66H94Cl2N18O7. The predicted molar refractivity (Wildman–Crippen MR) is 372 cm³/mol. The van der Waals surface area contributed by atoms with Crippen LogP contribution in [0.1, 0.15) is 131 Å². The van der Waals surface area contributed by atoms with E-state index in [1.54, 1.807) is 59.2 Å². The summed E-state index contributed by atoms with van der Waals surface area (Å²) in [5.74, 6) is 4.76. The number of methoxy groups -OCH3 is 4. The van der Waals surface area contributed by atoms with Crippen molar-refractivity contribution >= 4 is 97.6 Å². The Balaban J connectivity index is 0.000000268. The number of amides is 3. The van der Waals surface area contributed by atoms with Crippen molar-refractivity contribution in [2.45, 2.75) is 150 Å². The summed E-state index contributed by atoms with van der Waals surface area (Å²) < 4.78 is 20.9. The van der Waals surface area contributed by atoms with Gasteiger partial charge in [0.25, 0.3) is 0 Å². The average molecular weight is 1320 g/mol. The number of pyridine rings is 3. The molecule has 6 heterocycles. The second-order valence-corrected chi connectivity index (χ2v) is 23.4. The number of hydrogen-bond acceptors (Lipinski definition) is 22. The third kappa shape index (κ3) is 26.4. The second-order valence-electron chi connectivity index (χ2n) is 22.7. The van der Waals surface area contributed by atoms with E-state index < -0.39 is 5.54 Å². The van der Waals surface area contributed by atoms with Gasteiger partial charge in [0.05, 0.1) is 56.1 Å².